The molecule has 0 aliphatic rings. The Hall–Kier alpha value is -3.61. The van der Waals surface area contributed by atoms with Gasteiger partial charge in [0, 0.05) is 23.4 Å². The minimum Gasteiger partial charge on any atom is -0.508 e. The van der Waals surface area contributed by atoms with Gasteiger partial charge in [0.25, 0.3) is 5.78 Å². The lowest BCUT2D eigenvalue weighted by Gasteiger charge is -2.12. The van der Waals surface area contributed by atoms with E-state index < -0.39 is 0 Å². The molecule has 0 aliphatic carbocycles. The number of phenolic OH excluding ortho intramolecular Hbond substituents is 2. The van der Waals surface area contributed by atoms with Crippen LogP contribution in [0, 0.1) is 0 Å². The van der Waals surface area contributed by atoms with Crippen LogP contribution < -0.4 is 4.74 Å². The fourth-order valence-corrected chi connectivity index (χ4v) is 2.66. The molecule has 124 valence electrons. The zero-order valence-corrected chi connectivity index (χ0v) is 13.3. The van der Waals surface area contributed by atoms with Gasteiger partial charge in [0.1, 0.15) is 23.6 Å². The number of benzene rings is 2. The predicted octanol–water partition coefficient (Wildman–Crippen LogP) is 2.88. The van der Waals surface area contributed by atoms with Crippen molar-refractivity contribution in [1.29, 1.82) is 0 Å². The number of rotatable bonds is 3. The van der Waals surface area contributed by atoms with E-state index in [-0.39, 0.29) is 11.5 Å². The molecule has 0 atom stereocenters. The van der Waals surface area contributed by atoms with Gasteiger partial charge in [-0.3, -0.25) is 4.40 Å². The van der Waals surface area contributed by atoms with Crippen LogP contribution in [-0.2, 0) is 0 Å². The van der Waals surface area contributed by atoms with Crippen LogP contribution >= 0.6 is 0 Å². The van der Waals surface area contributed by atoms with Crippen LogP contribution in [0.3, 0.4) is 0 Å². The highest BCUT2D eigenvalue weighted by Gasteiger charge is 2.16. The van der Waals surface area contributed by atoms with E-state index >= 15 is 0 Å². The van der Waals surface area contributed by atoms with Crippen molar-refractivity contribution >= 4 is 5.78 Å². The zero-order chi connectivity index (χ0) is 17.4. The van der Waals surface area contributed by atoms with Gasteiger partial charge in [-0.1, -0.05) is 12.1 Å². The lowest BCUT2D eigenvalue weighted by molar-refractivity contribution is 0.408. The van der Waals surface area contributed by atoms with Gasteiger partial charge in [-0.2, -0.15) is 0 Å². The van der Waals surface area contributed by atoms with Crippen LogP contribution in [-0.4, -0.2) is 36.9 Å². The first kappa shape index (κ1) is 14.9. The summed E-state index contributed by atoms with van der Waals surface area (Å²) in [7, 11) is 1.54. The van der Waals surface area contributed by atoms with Crippen LogP contribution in [0.4, 0.5) is 0 Å². The maximum Gasteiger partial charge on any atom is 0.255 e. The summed E-state index contributed by atoms with van der Waals surface area (Å²) < 4.78 is 6.84. The summed E-state index contributed by atoms with van der Waals surface area (Å²) >= 11 is 0. The molecule has 2 heterocycles. The molecule has 0 unspecified atom stereocenters. The lowest BCUT2D eigenvalue weighted by Crippen LogP contribution is -1.96. The van der Waals surface area contributed by atoms with Crippen molar-refractivity contribution in [2.75, 3.05) is 7.11 Å². The quantitative estimate of drug-likeness (QED) is 0.598. The number of nitrogens with zero attached hydrogens (tertiary/aromatic N) is 4. The molecule has 2 N–H and O–H groups in total. The van der Waals surface area contributed by atoms with E-state index in [1.54, 1.807) is 47.1 Å². The summed E-state index contributed by atoms with van der Waals surface area (Å²) in [6.07, 6.45) is 3.40. The molecular formula is C18H14N4O3. The van der Waals surface area contributed by atoms with Crippen molar-refractivity contribution in [3.8, 4) is 39.6 Å². The maximum atomic E-state index is 10.4. The second-order valence-electron chi connectivity index (χ2n) is 5.47. The first-order valence-electron chi connectivity index (χ1n) is 7.53. The zero-order valence-electron chi connectivity index (χ0n) is 13.3. The van der Waals surface area contributed by atoms with Gasteiger partial charge in [-0.15, -0.1) is 10.2 Å². The lowest BCUT2D eigenvalue weighted by atomic mass is 10.00. The van der Waals surface area contributed by atoms with E-state index in [9.17, 15) is 10.2 Å². The van der Waals surface area contributed by atoms with Crippen LogP contribution in [0.1, 0.15) is 0 Å². The van der Waals surface area contributed by atoms with Gasteiger partial charge in [-0.25, -0.2) is 4.98 Å². The number of hydrogen-bond acceptors (Lipinski definition) is 6. The number of fused-ring (bicyclic) bond motifs is 1. The molecule has 7 nitrogen and oxygen atoms in total. The molecule has 2 aromatic heterocycles. The first-order valence-corrected chi connectivity index (χ1v) is 7.53. The Bertz CT molecular complexity index is 1060. The number of aromatic hydroxyl groups is 2. The predicted molar refractivity (Wildman–Crippen MR) is 91.5 cm³/mol. The Morgan fingerprint density at radius 1 is 1.00 bits per heavy atom. The first-order chi connectivity index (χ1) is 12.2. The summed E-state index contributed by atoms with van der Waals surface area (Å²) in [6, 6.07) is 11.8. The van der Waals surface area contributed by atoms with Crippen molar-refractivity contribution in [2.24, 2.45) is 0 Å². The number of hydrogen-bond donors (Lipinski definition) is 2. The molecule has 4 rings (SSSR count). The van der Waals surface area contributed by atoms with E-state index in [4.69, 9.17) is 4.74 Å². The van der Waals surface area contributed by atoms with Gasteiger partial charge >= 0.3 is 0 Å². The number of ether oxygens (including phenoxy) is 1. The van der Waals surface area contributed by atoms with Gasteiger partial charge in [-0.05, 0) is 29.8 Å². The summed E-state index contributed by atoms with van der Waals surface area (Å²) in [6.45, 7) is 0. The smallest absolute Gasteiger partial charge is 0.255 e. The van der Waals surface area contributed by atoms with E-state index in [2.05, 4.69) is 15.2 Å². The fraction of sp³-hybridized carbons (Fsp3) is 0.0556. The molecule has 4 aromatic rings. The van der Waals surface area contributed by atoms with Crippen LogP contribution in [0.2, 0.25) is 0 Å². The highest BCUT2D eigenvalue weighted by molar-refractivity contribution is 5.84. The minimum atomic E-state index is 0.0516. The number of methoxy groups -OCH3 is 1. The highest BCUT2D eigenvalue weighted by Crippen LogP contribution is 2.37. The monoisotopic (exact) mass is 334 g/mol. The molecule has 0 saturated carbocycles. The fourth-order valence-electron chi connectivity index (χ4n) is 2.66. The standard InChI is InChI=1S/C18H14N4O3/c1-25-13-6-7-14(16(24)8-13)17-15(11-2-4-12(23)5-3-11)9-22-10-19-21-18(22)20-17/h2-10,23-24H,1H3. The summed E-state index contributed by atoms with van der Waals surface area (Å²) in [5.41, 5.74) is 2.72. The third kappa shape index (κ3) is 2.61. The summed E-state index contributed by atoms with van der Waals surface area (Å²) in [4.78, 5) is 4.55. The molecule has 0 spiro atoms. The highest BCUT2D eigenvalue weighted by atomic mass is 16.5. The Kier molecular flexibility index (Phi) is 3.46. The maximum absolute atomic E-state index is 10.4. The molecule has 0 saturated heterocycles. The van der Waals surface area contributed by atoms with Crippen LogP contribution in [0.5, 0.6) is 17.2 Å². The van der Waals surface area contributed by atoms with Crippen molar-refractivity contribution < 1.29 is 14.9 Å². The normalized spacial score (nSPS) is 10.9. The van der Waals surface area contributed by atoms with E-state index in [0.717, 1.165) is 11.1 Å². The second-order valence-corrected chi connectivity index (χ2v) is 5.47. The summed E-state index contributed by atoms with van der Waals surface area (Å²) in [5.74, 6) is 1.20. The number of phenols is 2. The van der Waals surface area contributed by atoms with Gasteiger partial charge < -0.3 is 14.9 Å². The SMILES string of the molecule is COc1ccc(-c2nc3nncn3cc2-c2ccc(O)cc2)c(O)c1. The van der Waals surface area contributed by atoms with E-state index in [1.165, 1.54) is 13.2 Å². The largest absolute Gasteiger partial charge is 0.508 e. The Morgan fingerprint density at radius 3 is 2.52 bits per heavy atom. The van der Waals surface area contributed by atoms with Crippen molar-refractivity contribution in [3.05, 3.63) is 55.0 Å². The minimum absolute atomic E-state index is 0.0516. The topological polar surface area (TPSA) is 92.8 Å². The molecular weight excluding hydrogens is 320 g/mol. The Labute approximate surface area is 142 Å². The molecule has 0 fully saturated rings. The van der Waals surface area contributed by atoms with Crippen LogP contribution in [0.15, 0.2) is 55.0 Å². The van der Waals surface area contributed by atoms with E-state index in [1.807, 2.05) is 6.20 Å². The molecule has 0 amide bonds. The van der Waals surface area contributed by atoms with Crippen LogP contribution in [0.25, 0.3) is 28.2 Å². The average molecular weight is 334 g/mol. The molecule has 7 heteroatoms. The van der Waals surface area contributed by atoms with Gasteiger partial charge in [0.15, 0.2) is 0 Å². The average Bonchev–Trinajstić information content (AvgIpc) is 3.08. The molecule has 0 aliphatic heterocycles. The second kappa shape index (κ2) is 5.79. The van der Waals surface area contributed by atoms with Crippen molar-refractivity contribution in [3.63, 3.8) is 0 Å². The Morgan fingerprint density at radius 2 is 1.80 bits per heavy atom. The van der Waals surface area contributed by atoms with Crippen molar-refractivity contribution in [2.45, 2.75) is 0 Å². The number of aromatic nitrogens is 4. The summed E-state index contributed by atoms with van der Waals surface area (Å²) in [5, 5.41) is 27.8. The molecule has 25 heavy (non-hydrogen) atoms. The third-order valence-corrected chi connectivity index (χ3v) is 3.93. The van der Waals surface area contributed by atoms with Gasteiger partial charge in [0.05, 0.1) is 12.8 Å². The molecule has 2 aromatic carbocycles. The molecule has 0 radical (unpaired) electrons. The third-order valence-electron chi connectivity index (χ3n) is 3.93. The Balaban J connectivity index is 1.98. The van der Waals surface area contributed by atoms with E-state index in [0.29, 0.717) is 22.8 Å². The van der Waals surface area contributed by atoms with Gasteiger partial charge in [0.2, 0.25) is 0 Å². The van der Waals surface area contributed by atoms with Crippen molar-refractivity contribution in [1.82, 2.24) is 19.6 Å². The molecule has 0 bridgehead atoms.